The zero-order chi connectivity index (χ0) is 14.4. The molecule has 0 saturated carbocycles. The summed E-state index contributed by atoms with van der Waals surface area (Å²) in [5.74, 6) is -2.01. The Labute approximate surface area is 115 Å². The van der Waals surface area contributed by atoms with Gasteiger partial charge in [0, 0.05) is 18.3 Å². The van der Waals surface area contributed by atoms with Crippen molar-refractivity contribution in [1.29, 1.82) is 0 Å². The van der Waals surface area contributed by atoms with Gasteiger partial charge in [0.1, 0.15) is 6.04 Å². The second kappa shape index (κ2) is 7.22. The van der Waals surface area contributed by atoms with Gasteiger partial charge in [0.15, 0.2) is 0 Å². The quantitative estimate of drug-likeness (QED) is 0.651. The summed E-state index contributed by atoms with van der Waals surface area (Å²) in [6.07, 6.45) is 3.42. The summed E-state index contributed by atoms with van der Waals surface area (Å²) >= 11 is 1.77. The maximum absolute atomic E-state index is 11.9. The van der Waals surface area contributed by atoms with E-state index < -0.39 is 30.4 Å². The highest BCUT2D eigenvalue weighted by molar-refractivity contribution is 7.99. The number of nitrogens with one attached hydrogen (secondary N) is 1. The lowest BCUT2D eigenvalue weighted by Gasteiger charge is -2.31. The molecule has 1 aliphatic rings. The van der Waals surface area contributed by atoms with E-state index in [1.165, 1.54) is 0 Å². The van der Waals surface area contributed by atoms with E-state index in [0.717, 1.165) is 12.8 Å². The van der Waals surface area contributed by atoms with E-state index >= 15 is 0 Å². The van der Waals surface area contributed by atoms with E-state index in [9.17, 15) is 14.4 Å². The van der Waals surface area contributed by atoms with Crippen LogP contribution in [0.1, 0.15) is 19.3 Å². The summed E-state index contributed by atoms with van der Waals surface area (Å²) < 4.78 is 0. The van der Waals surface area contributed by atoms with Gasteiger partial charge in [-0.25, -0.2) is 9.59 Å². The fraction of sp³-hybridized carbons (Fsp3) is 0.727. The molecule has 0 aromatic rings. The number of urea groups is 1. The first-order valence-corrected chi connectivity index (χ1v) is 7.32. The van der Waals surface area contributed by atoms with Gasteiger partial charge in [-0.1, -0.05) is 0 Å². The Morgan fingerprint density at radius 1 is 1.42 bits per heavy atom. The van der Waals surface area contributed by atoms with Crippen molar-refractivity contribution >= 4 is 29.7 Å². The van der Waals surface area contributed by atoms with Crippen LogP contribution in [0.2, 0.25) is 0 Å². The fourth-order valence-corrected chi connectivity index (χ4v) is 2.62. The predicted octanol–water partition coefficient (Wildman–Crippen LogP) is -0.148. The third-order valence-corrected chi connectivity index (χ3v) is 4.20. The number of carboxylic acids is 1. The van der Waals surface area contributed by atoms with Crippen molar-refractivity contribution in [3.63, 3.8) is 0 Å². The van der Waals surface area contributed by atoms with Crippen molar-refractivity contribution in [3.05, 3.63) is 0 Å². The Balaban J connectivity index is 2.48. The molecule has 7 nitrogen and oxygen atoms in total. The minimum Gasteiger partial charge on any atom is -0.480 e. The van der Waals surface area contributed by atoms with Crippen molar-refractivity contribution in [2.45, 2.75) is 30.6 Å². The lowest BCUT2D eigenvalue weighted by molar-refractivity contribution is -0.141. The predicted molar refractivity (Wildman–Crippen MR) is 71.9 cm³/mol. The van der Waals surface area contributed by atoms with Crippen LogP contribution in [0.5, 0.6) is 0 Å². The highest BCUT2D eigenvalue weighted by Crippen LogP contribution is 2.20. The van der Waals surface area contributed by atoms with Gasteiger partial charge in [0.2, 0.25) is 5.91 Å². The fourth-order valence-electron chi connectivity index (χ4n) is 1.94. The number of carboxylic acid groups (broad SMARTS) is 1. The molecular weight excluding hydrogens is 270 g/mol. The molecule has 0 spiro atoms. The highest BCUT2D eigenvalue weighted by Gasteiger charge is 2.27. The second-order valence-corrected chi connectivity index (χ2v) is 5.57. The number of nitrogens with zero attached hydrogens (tertiary/aromatic N) is 1. The summed E-state index contributed by atoms with van der Waals surface area (Å²) in [4.78, 5) is 35.1. The number of carbonyl (C=O) groups excluding carboxylic acids is 2. The third-order valence-electron chi connectivity index (χ3n) is 3.06. The van der Waals surface area contributed by atoms with Crippen molar-refractivity contribution in [1.82, 2.24) is 10.2 Å². The molecule has 4 N–H and O–H groups in total. The molecule has 0 unspecified atom stereocenters. The molecule has 1 aliphatic heterocycles. The molecule has 0 aromatic carbocycles. The van der Waals surface area contributed by atoms with Crippen molar-refractivity contribution in [2.75, 3.05) is 19.3 Å². The molecule has 3 amide bonds. The number of hydrogen-bond donors (Lipinski definition) is 3. The summed E-state index contributed by atoms with van der Waals surface area (Å²) in [7, 11) is 0. The molecule has 1 saturated heterocycles. The number of rotatable bonds is 5. The number of carbonyl (C=O) groups is 3. The number of piperidine rings is 1. The maximum atomic E-state index is 11.9. The van der Waals surface area contributed by atoms with Crippen LogP contribution in [0.3, 0.4) is 0 Å². The van der Waals surface area contributed by atoms with Gasteiger partial charge in [-0.05, 0) is 19.1 Å². The molecule has 19 heavy (non-hydrogen) atoms. The van der Waals surface area contributed by atoms with Crippen LogP contribution < -0.4 is 11.1 Å². The van der Waals surface area contributed by atoms with Crippen molar-refractivity contribution in [3.8, 4) is 0 Å². The van der Waals surface area contributed by atoms with Gasteiger partial charge in [0.25, 0.3) is 0 Å². The van der Waals surface area contributed by atoms with E-state index in [4.69, 9.17) is 10.8 Å². The smallest absolute Gasteiger partial charge is 0.326 e. The van der Waals surface area contributed by atoms with Crippen LogP contribution in [0, 0.1) is 0 Å². The summed E-state index contributed by atoms with van der Waals surface area (Å²) in [5, 5.41) is 11.8. The van der Waals surface area contributed by atoms with Gasteiger partial charge in [-0.2, -0.15) is 11.8 Å². The number of aliphatic carboxylic acids is 1. The lowest BCUT2D eigenvalue weighted by Crippen LogP contribution is -2.51. The molecular formula is C11H19N3O4S. The molecule has 1 atom stereocenters. The first kappa shape index (κ1) is 15.6. The minimum absolute atomic E-state index is 0.400. The molecule has 8 heteroatoms. The Hall–Kier alpha value is -1.44. The zero-order valence-electron chi connectivity index (χ0n) is 10.8. The topological polar surface area (TPSA) is 113 Å². The zero-order valence-corrected chi connectivity index (χ0v) is 11.6. The van der Waals surface area contributed by atoms with E-state index in [0.29, 0.717) is 18.3 Å². The number of primary amides is 1. The normalized spacial score (nSPS) is 17.8. The Morgan fingerprint density at radius 3 is 2.42 bits per heavy atom. The Morgan fingerprint density at radius 2 is 2.00 bits per heavy atom. The Bertz CT molecular complexity index is 356. The van der Waals surface area contributed by atoms with Crippen LogP contribution >= 0.6 is 11.8 Å². The summed E-state index contributed by atoms with van der Waals surface area (Å²) in [6, 6.07) is -1.71. The molecule has 108 valence electrons. The second-order valence-electron chi connectivity index (χ2n) is 4.43. The first-order chi connectivity index (χ1) is 8.93. The number of amides is 3. The lowest BCUT2D eigenvalue weighted by atomic mass is 10.1. The molecule has 1 rings (SSSR count). The Kier molecular flexibility index (Phi) is 5.94. The van der Waals surface area contributed by atoms with Gasteiger partial charge in [-0.15, -0.1) is 0 Å². The monoisotopic (exact) mass is 289 g/mol. The molecule has 0 bridgehead atoms. The van der Waals surface area contributed by atoms with E-state index in [1.807, 2.05) is 6.26 Å². The van der Waals surface area contributed by atoms with E-state index in [2.05, 4.69) is 5.32 Å². The average Bonchev–Trinajstić information content (AvgIpc) is 2.37. The van der Waals surface area contributed by atoms with E-state index in [1.54, 1.807) is 16.7 Å². The van der Waals surface area contributed by atoms with Crippen LogP contribution in [-0.4, -0.2) is 58.6 Å². The molecule has 0 radical (unpaired) electrons. The average molecular weight is 289 g/mol. The maximum Gasteiger partial charge on any atom is 0.326 e. The first-order valence-electron chi connectivity index (χ1n) is 6.03. The van der Waals surface area contributed by atoms with Gasteiger partial charge < -0.3 is 21.1 Å². The van der Waals surface area contributed by atoms with Crippen LogP contribution in [-0.2, 0) is 9.59 Å². The van der Waals surface area contributed by atoms with Gasteiger partial charge in [-0.3, -0.25) is 4.79 Å². The molecule has 1 heterocycles. The van der Waals surface area contributed by atoms with Crippen LogP contribution in [0.25, 0.3) is 0 Å². The number of thioether (sulfide) groups is 1. The summed E-state index contributed by atoms with van der Waals surface area (Å²) in [5.41, 5.74) is 4.95. The number of hydrogen-bond acceptors (Lipinski definition) is 4. The third kappa shape index (κ3) is 4.98. The van der Waals surface area contributed by atoms with Crippen molar-refractivity contribution < 1.29 is 19.5 Å². The summed E-state index contributed by atoms with van der Waals surface area (Å²) in [6.45, 7) is 1.19. The minimum atomic E-state index is -1.26. The van der Waals surface area contributed by atoms with Crippen LogP contribution in [0.15, 0.2) is 0 Å². The molecule has 0 aromatic heterocycles. The number of nitrogens with two attached hydrogens (primary N) is 1. The van der Waals surface area contributed by atoms with Gasteiger partial charge >= 0.3 is 12.0 Å². The number of likely N-dealkylation sites (tertiary alicyclic amines) is 1. The largest absolute Gasteiger partial charge is 0.480 e. The molecule has 1 fully saturated rings. The van der Waals surface area contributed by atoms with Gasteiger partial charge in [0.05, 0.1) is 6.42 Å². The van der Waals surface area contributed by atoms with Crippen molar-refractivity contribution in [2.24, 2.45) is 5.73 Å². The molecule has 0 aliphatic carbocycles. The SMILES string of the molecule is CSC1CCN(C(=O)N[C@@H](CC(N)=O)C(=O)O)CC1. The highest BCUT2D eigenvalue weighted by atomic mass is 32.2. The van der Waals surface area contributed by atoms with E-state index in [-0.39, 0.29) is 0 Å². The standard InChI is InChI=1S/C11H19N3O4S/c1-19-7-2-4-14(5-3-7)11(18)13-8(10(16)17)6-9(12)15/h7-8H,2-6H2,1H3,(H2,12,15)(H,13,18)(H,16,17)/t8-/m0/s1. The van der Waals surface area contributed by atoms with Crippen LogP contribution in [0.4, 0.5) is 4.79 Å².